The number of aromatic amines is 1. The third-order valence-corrected chi connectivity index (χ3v) is 7.16. The number of halogens is 6. The van der Waals surface area contributed by atoms with Crippen LogP contribution in [0.1, 0.15) is 57.4 Å². The molecular weight excluding hydrogens is 560 g/mol. The quantitative estimate of drug-likeness (QED) is 0.298. The van der Waals surface area contributed by atoms with Crippen molar-refractivity contribution in [3.63, 3.8) is 0 Å². The van der Waals surface area contributed by atoms with Crippen LogP contribution in [0.2, 0.25) is 0 Å². The smallest absolute Gasteiger partial charge is 0.418 e. The van der Waals surface area contributed by atoms with E-state index in [2.05, 4.69) is 20.5 Å². The van der Waals surface area contributed by atoms with Crippen molar-refractivity contribution in [2.75, 3.05) is 23.3 Å². The molecule has 2 atom stereocenters. The van der Waals surface area contributed by atoms with Crippen molar-refractivity contribution in [2.45, 2.75) is 49.7 Å². The molecular formula is C26H23F6N5O4. The largest absolute Gasteiger partial charge is 0.457 e. The van der Waals surface area contributed by atoms with E-state index >= 15 is 0 Å². The molecule has 41 heavy (non-hydrogen) atoms. The summed E-state index contributed by atoms with van der Waals surface area (Å²) in [5.41, 5.74) is -1.66. The number of nitrogens with zero attached hydrogens (tertiary/aromatic N) is 3. The third kappa shape index (κ3) is 5.71. The van der Waals surface area contributed by atoms with E-state index in [1.807, 2.05) is 0 Å². The zero-order valence-corrected chi connectivity index (χ0v) is 21.1. The monoisotopic (exact) mass is 583 g/mol. The molecule has 3 aromatic rings. The van der Waals surface area contributed by atoms with E-state index in [0.29, 0.717) is 11.8 Å². The van der Waals surface area contributed by atoms with Crippen LogP contribution in [-0.4, -0.2) is 57.5 Å². The number of fused-ring (bicyclic) bond motifs is 1. The maximum atomic E-state index is 13.8. The predicted octanol–water partition coefficient (Wildman–Crippen LogP) is 4.52. The number of aromatic nitrogens is 3. The lowest BCUT2D eigenvalue weighted by Crippen LogP contribution is -2.44. The summed E-state index contributed by atoms with van der Waals surface area (Å²) < 4.78 is 87.5. The standard InChI is InChI=1S/C26H23F6N5O4/c27-25(28,29)16-11-33-17(10-15(16)24(40)41-12-13-4-2-1-3-5-13)37-8-6-14(7-9-37)20-18-19(26(30,31)32)21(38)23(39)34-22(18)36-35-20/h1-5,10-11,14,19,21,38H,6-9,12H2,(H2,34,35,36,39)/t19?,21-/m1/s1. The molecule has 0 radical (unpaired) electrons. The summed E-state index contributed by atoms with van der Waals surface area (Å²) >= 11 is 0. The van der Waals surface area contributed by atoms with Crippen LogP contribution >= 0.6 is 0 Å². The maximum absolute atomic E-state index is 13.8. The first-order chi connectivity index (χ1) is 19.3. The molecule has 0 saturated carbocycles. The van der Waals surface area contributed by atoms with Crippen LogP contribution in [-0.2, 0) is 22.3 Å². The number of alkyl halides is 6. The van der Waals surface area contributed by atoms with Crippen molar-refractivity contribution >= 4 is 23.5 Å². The predicted molar refractivity (Wildman–Crippen MR) is 131 cm³/mol. The summed E-state index contributed by atoms with van der Waals surface area (Å²) in [6.07, 6.45) is -11.1. The summed E-state index contributed by atoms with van der Waals surface area (Å²) in [7, 11) is 0. The van der Waals surface area contributed by atoms with Crippen LogP contribution < -0.4 is 10.2 Å². The Kier molecular flexibility index (Phi) is 7.40. The second-order valence-corrected chi connectivity index (χ2v) is 9.76. The molecule has 1 unspecified atom stereocenters. The summed E-state index contributed by atoms with van der Waals surface area (Å²) in [5, 5.41) is 18.6. The summed E-state index contributed by atoms with van der Waals surface area (Å²) in [5.74, 6) is -5.51. The molecule has 5 rings (SSSR count). The number of H-pyrrole nitrogens is 1. The van der Waals surface area contributed by atoms with E-state index in [0.717, 1.165) is 6.07 Å². The van der Waals surface area contributed by atoms with Crippen LogP contribution in [0.4, 0.5) is 38.0 Å². The van der Waals surface area contributed by atoms with Crippen molar-refractivity contribution < 1.29 is 45.8 Å². The molecule has 0 bridgehead atoms. The number of nitrogens with one attached hydrogen (secondary N) is 2. The summed E-state index contributed by atoms with van der Waals surface area (Å²) in [4.78, 5) is 30.1. The Morgan fingerprint density at radius 2 is 1.78 bits per heavy atom. The van der Waals surface area contributed by atoms with E-state index < -0.39 is 53.3 Å². The number of aliphatic hydroxyl groups is 1. The Bertz CT molecular complexity index is 1430. The van der Waals surface area contributed by atoms with Crippen LogP contribution in [0.3, 0.4) is 0 Å². The molecule has 1 saturated heterocycles. The molecule has 2 aromatic heterocycles. The van der Waals surface area contributed by atoms with Crippen LogP contribution in [0.25, 0.3) is 0 Å². The number of ether oxygens (including phenoxy) is 1. The molecule has 0 aliphatic carbocycles. The minimum absolute atomic E-state index is 0.0478. The summed E-state index contributed by atoms with van der Waals surface area (Å²) in [6, 6.07) is 9.43. The van der Waals surface area contributed by atoms with E-state index in [9.17, 15) is 41.0 Å². The number of esters is 1. The van der Waals surface area contributed by atoms with Gasteiger partial charge in [0, 0.05) is 30.8 Å². The van der Waals surface area contributed by atoms with Gasteiger partial charge in [-0.2, -0.15) is 31.4 Å². The SMILES string of the molecule is O=C(OCc1ccccc1)c1cc(N2CCC(c3n[nH]c4c3C(C(F)(F)F)[C@@H](O)C(=O)N4)CC2)ncc1C(F)(F)F. The van der Waals surface area contributed by atoms with Gasteiger partial charge in [-0.3, -0.25) is 9.89 Å². The highest BCUT2D eigenvalue weighted by molar-refractivity contribution is 5.97. The molecule has 0 spiro atoms. The second-order valence-electron chi connectivity index (χ2n) is 9.76. The molecule has 218 valence electrons. The van der Waals surface area contributed by atoms with Gasteiger partial charge < -0.3 is 20.1 Å². The topological polar surface area (TPSA) is 120 Å². The van der Waals surface area contributed by atoms with Crippen molar-refractivity contribution in [3.05, 3.63) is 70.5 Å². The number of rotatable bonds is 5. The number of hydrogen-bond acceptors (Lipinski definition) is 7. The van der Waals surface area contributed by atoms with Crippen molar-refractivity contribution in [2.24, 2.45) is 0 Å². The van der Waals surface area contributed by atoms with Gasteiger partial charge in [-0.1, -0.05) is 30.3 Å². The van der Waals surface area contributed by atoms with Gasteiger partial charge in [0.25, 0.3) is 5.91 Å². The van der Waals surface area contributed by atoms with E-state index in [4.69, 9.17) is 4.74 Å². The minimum atomic E-state index is -4.92. The van der Waals surface area contributed by atoms with Crippen molar-refractivity contribution in [1.82, 2.24) is 15.2 Å². The molecule has 9 nitrogen and oxygen atoms in total. The average Bonchev–Trinajstić information content (AvgIpc) is 3.34. The lowest BCUT2D eigenvalue weighted by molar-refractivity contribution is -0.177. The van der Waals surface area contributed by atoms with Gasteiger partial charge >= 0.3 is 18.3 Å². The third-order valence-electron chi connectivity index (χ3n) is 7.16. The minimum Gasteiger partial charge on any atom is -0.457 e. The first kappa shape index (κ1) is 28.4. The number of pyridine rings is 1. The molecule has 1 aromatic carbocycles. The number of aliphatic hydroxyl groups excluding tert-OH is 1. The first-order valence-electron chi connectivity index (χ1n) is 12.5. The highest BCUT2D eigenvalue weighted by atomic mass is 19.4. The molecule has 3 N–H and O–H groups in total. The normalized spacial score (nSPS) is 20.0. The van der Waals surface area contributed by atoms with Crippen LogP contribution in [0, 0.1) is 0 Å². The molecule has 1 amide bonds. The Morgan fingerprint density at radius 1 is 1.10 bits per heavy atom. The van der Waals surface area contributed by atoms with Gasteiger partial charge in [-0.05, 0) is 24.5 Å². The van der Waals surface area contributed by atoms with Gasteiger partial charge in [0.05, 0.1) is 16.8 Å². The van der Waals surface area contributed by atoms with Gasteiger partial charge in [-0.15, -0.1) is 0 Å². The average molecular weight is 583 g/mol. The number of carbonyl (C=O) groups excluding carboxylic acids is 2. The Balaban J connectivity index is 1.34. The number of piperidine rings is 1. The highest BCUT2D eigenvalue weighted by Crippen LogP contribution is 2.47. The number of hydrogen-bond donors (Lipinski definition) is 3. The van der Waals surface area contributed by atoms with Crippen molar-refractivity contribution in [3.8, 4) is 0 Å². The first-order valence-corrected chi connectivity index (χ1v) is 12.5. The zero-order chi connectivity index (χ0) is 29.5. The maximum Gasteiger partial charge on any atom is 0.418 e. The second kappa shape index (κ2) is 10.7. The van der Waals surface area contributed by atoms with Gasteiger partial charge in [-0.25, -0.2) is 9.78 Å². The molecule has 2 aliphatic rings. The van der Waals surface area contributed by atoms with Crippen molar-refractivity contribution in [1.29, 1.82) is 0 Å². The van der Waals surface area contributed by atoms with Gasteiger partial charge in [0.15, 0.2) is 0 Å². The van der Waals surface area contributed by atoms with Crippen LogP contribution in [0.5, 0.6) is 0 Å². The summed E-state index contributed by atoms with van der Waals surface area (Å²) in [6.45, 7) is 0.117. The van der Waals surface area contributed by atoms with Gasteiger partial charge in [0.2, 0.25) is 0 Å². The van der Waals surface area contributed by atoms with Gasteiger partial charge in [0.1, 0.15) is 30.3 Å². The van der Waals surface area contributed by atoms with E-state index in [1.165, 1.54) is 0 Å². The fourth-order valence-corrected chi connectivity index (χ4v) is 5.13. The van der Waals surface area contributed by atoms with E-state index in [-0.39, 0.29) is 55.4 Å². The highest BCUT2D eigenvalue weighted by Gasteiger charge is 2.54. The fourth-order valence-electron chi connectivity index (χ4n) is 5.13. The number of carbonyl (C=O) groups is 2. The number of amides is 1. The van der Waals surface area contributed by atoms with Crippen LogP contribution in [0.15, 0.2) is 42.6 Å². The zero-order valence-electron chi connectivity index (χ0n) is 21.1. The Morgan fingerprint density at radius 3 is 2.41 bits per heavy atom. The number of anilines is 2. The molecule has 4 heterocycles. The fraction of sp³-hybridized carbons (Fsp3) is 0.385. The Labute approximate surface area is 228 Å². The molecule has 2 aliphatic heterocycles. The van der Waals surface area contributed by atoms with E-state index in [1.54, 1.807) is 35.2 Å². The Hall–Kier alpha value is -4.14. The molecule has 1 fully saturated rings. The lowest BCUT2D eigenvalue weighted by atomic mass is 9.83. The number of benzene rings is 1. The lowest BCUT2D eigenvalue weighted by Gasteiger charge is -2.34. The molecule has 15 heteroatoms.